The maximum atomic E-state index is 12.8. The lowest BCUT2D eigenvalue weighted by Gasteiger charge is -2.32. The van der Waals surface area contributed by atoms with E-state index in [1.165, 1.54) is 0 Å². The van der Waals surface area contributed by atoms with Crippen molar-refractivity contribution in [2.45, 2.75) is 18.9 Å². The molecule has 4 rings (SSSR count). The Balaban J connectivity index is 1.40. The van der Waals surface area contributed by atoms with Gasteiger partial charge < -0.3 is 23.5 Å². The maximum Gasteiger partial charge on any atom is 0.276 e. The molecule has 0 N–H and O–H groups in total. The number of amides is 1. The molecule has 1 aliphatic rings. The Bertz CT molecular complexity index is 920. The third kappa shape index (κ3) is 3.83. The van der Waals surface area contributed by atoms with Gasteiger partial charge in [0.2, 0.25) is 11.6 Å². The molecule has 9 nitrogen and oxygen atoms in total. The van der Waals surface area contributed by atoms with Crippen molar-refractivity contribution in [2.24, 2.45) is 0 Å². The minimum atomic E-state index is -0.191. The van der Waals surface area contributed by atoms with Gasteiger partial charge in [-0.1, -0.05) is 5.16 Å². The molecule has 1 fully saturated rings. The van der Waals surface area contributed by atoms with E-state index in [-0.39, 0.29) is 17.7 Å². The van der Waals surface area contributed by atoms with Crippen LogP contribution in [0.15, 0.2) is 45.5 Å². The van der Waals surface area contributed by atoms with Crippen LogP contribution in [0.1, 0.15) is 23.3 Å². The fourth-order valence-corrected chi connectivity index (χ4v) is 3.08. The van der Waals surface area contributed by atoms with E-state index >= 15 is 0 Å². The average Bonchev–Trinajstić information content (AvgIpc) is 3.40. The second kappa shape index (κ2) is 7.71. The number of nitrogens with zero attached hydrogens (tertiary/aromatic N) is 5. The summed E-state index contributed by atoms with van der Waals surface area (Å²) in [6.07, 6.45) is 3.08. The SMILES string of the molecule is CN(C)c1ccc(OC2CCCN(C(=O)c3cc(-c4ccco4)on3)C2)nn1. The summed E-state index contributed by atoms with van der Waals surface area (Å²) in [5, 5.41) is 12.1. The first-order valence-electron chi connectivity index (χ1n) is 9.08. The molecule has 1 aliphatic heterocycles. The van der Waals surface area contributed by atoms with Crippen LogP contribution in [0.5, 0.6) is 5.88 Å². The summed E-state index contributed by atoms with van der Waals surface area (Å²) in [6.45, 7) is 1.10. The number of anilines is 1. The summed E-state index contributed by atoms with van der Waals surface area (Å²) >= 11 is 0. The number of rotatable bonds is 5. The lowest BCUT2D eigenvalue weighted by Crippen LogP contribution is -2.44. The number of carbonyl (C=O) groups is 1. The summed E-state index contributed by atoms with van der Waals surface area (Å²) in [7, 11) is 3.80. The number of carbonyl (C=O) groups excluding carboxylic acids is 1. The molecule has 0 spiro atoms. The summed E-state index contributed by atoms with van der Waals surface area (Å²) in [6, 6.07) is 8.73. The van der Waals surface area contributed by atoms with Crippen molar-refractivity contribution in [1.29, 1.82) is 0 Å². The quantitative estimate of drug-likeness (QED) is 0.663. The summed E-state index contributed by atoms with van der Waals surface area (Å²) < 4.78 is 16.4. The molecule has 0 radical (unpaired) electrons. The molecule has 28 heavy (non-hydrogen) atoms. The number of aromatic nitrogens is 3. The van der Waals surface area contributed by atoms with E-state index in [0.29, 0.717) is 30.5 Å². The lowest BCUT2D eigenvalue weighted by atomic mass is 10.1. The van der Waals surface area contributed by atoms with Gasteiger partial charge in [0.1, 0.15) is 6.10 Å². The predicted molar refractivity (Wildman–Crippen MR) is 100 cm³/mol. The zero-order valence-corrected chi connectivity index (χ0v) is 15.7. The van der Waals surface area contributed by atoms with Crippen molar-refractivity contribution >= 4 is 11.7 Å². The molecule has 0 aliphatic carbocycles. The highest BCUT2D eigenvalue weighted by molar-refractivity contribution is 5.93. The van der Waals surface area contributed by atoms with Crippen LogP contribution in [0.25, 0.3) is 11.5 Å². The zero-order chi connectivity index (χ0) is 19.5. The summed E-state index contributed by atoms with van der Waals surface area (Å²) in [5.41, 5.74) is 0.252. The molecule has 1 unspecified atom stereocenters. The van der Waals surface area contributed by atoms with Gasteiger partial charge >= 0.3 is 0 Å². The standard InChI is InChI=1S/C19H21N5O4/c1-23(2)17-7-8-18(21-20-17)27-13-5-3-9-24(12-13)19(25)14-11-16(28-22-14)15-6-4-10-26-15/h4,6-8,10-11,13H,3,5,9,12H2,1-2H3. The highest BCUT2D eigenvalue weighted by Gasteiger charge is 2.28. The van der Waals surface area contributed by atoms with Gasteiger partial charge in [0.05, 0.1) is 12.8 Å². The summed E-state index contributed by atoms with van der Waals surface area (Å²) in [4.78, 5) is 16.4. The van der Waals surface area contributed by atoms with Gasteiger partial charge in [-0.05, 0) is 31.0 Å². The Hall–Kier alpha value is -3.36. The number of furan rings is 1. The number of hydrogen-bond donors (Lipinski definition) is 0. The molecule has 1 amide bonds. The Kier molecular flexibility index (Phi) is 4.96. The van der Waals surface area contributed by atoms with E-state index < -0.39 is 0 Å². The van der Waals surface area contributed by atoms with Crippen molar-refractivity contribution in [3.05, 3.63) is 42.3 Å². The van der Waals surface area contributed by atoms with Crippen molar-refractivity contribution in [1.82, 2.24) is 20.3 Å². The molecule has 0 saturated carbocycles. The van der Waals surface area contributed by atoms with Crippen molar-refractivity contribution < 1.29 is 18.5 Å². The van der Waals surface area contributed by atoms with Crippen molar-refractivity contribution in [3.8, 4) is 17.4 Å². The third-order valence-corrected chi connectivity index (χ3v) is 4.53. The Morgan fingerprint density at radius 3 is 2.86 bits per heavy atom. The lowest BCUT2D eigenvalue weighted by molar-refractivity contribution is 0.0517. The molecule has 146 valence electrons. The first-order valence-corrected chi connectivity index (χ1v) is 9.08. The van der Waals surface area contributed by atoms with Gasteiger partial charge in [-0.3, -0.25) is 4.79 Å². The fourth-order valence-electron chi connectivity index (χ4n) is 3.08. The van der Waals surface area contributed by atoms with Crippen LogP contribution in [0.4, 0.5) is 5.82 Å². The van der Waals surface area contributed by atoms with Crippen LogP contribution in [-0.4, -0.2) is 59.4 Å². The molecule has 0 bridgehead atoms. The molecule has 4 heterocycles. The molecule has 1 atom stereocenters. The van der Waals surface area contributed by atoms with Crippen LogP contribution < -0.4 is 9.64 Å². The number of piperidine rings is 1. The zero-order valence-electron chi connectivity index (χ0n) is 15.7. The predicted octanol–water partition coefficient (Wildman–Crippen LogP) is 2.47. The second-order valence-electron chi connectivity index (χ2n) is 6.81. The van der Waals surface area contributed by atoms with Gasteiger partial charge in [0.15, 0.2) is 17.3 Å². The highest BCUT2D eigenvalue weighted by Crippen LogP contribution is 2.23. The van der Waals surface area contributed by atoms with E-state index in [9.17, 15) is 4.79 Å². The largest absolute Gasteiger partial charge is 0.471 e. The molecular formula is C19H21N5O4. The topological polar surface area (TPSA) is 97.7 Å². The molecule has 9 heteroatoms. The van der Waals surface area contributed by atoms with Crippen LogP contribution in [-0.2, 0) is 0 Å². The van der Waals surface area contributed by atoms with Gasteiger partial charge in [0.25, 0.3) is 5.91 Å². The van der Waals surface area contributed by atoms with E-state index in [0.717, 1.165) is 18.7 Å². The highest BCUT2D eigenvalue weighted by atomic mass is 16.5. The Morgan fingerprint density at radius 1 is 1.25 bits per heavy atom. The monoisotopic (exact) mass is 383 g/mol. The van der Waals surface area contributed by atoms with Gasteiger partial charge in [-0.25, -0.2) is 0 Å². The Morgan fingerprint density at radius 2 is 2.14 bits per heavy atom. The summed E-state index contributed by atoms with van der Waals surface area (Å²) in [5.74, 6) is 1.97. The van der Waals surface area contributed by atoms with Crippen molar-refractivity contribution in [2.75, 3.05) is 32.1 Å². The molecule has 3 aromatic heterocycles. The first-order chi connectivity index (χ1) is 13.6. The van der Waals surface area contributed by atoms with E-state index in [4.69, 9.17) is 13.7 Å². The van der Waals surface area contributed by atoms with Gasteiger partial charge in [-0.2, -0.15) is 0 Å². The molecule has 0 aromatic carbocycles. The number of ether oxygens (including phenoxy) is 1. The van der Waals surface area contributed by atoms with Crippen molar-refractivity contribution in [3.63, 3.8) is 0 Å². The van der Waals surface area contributed by atoms with E-state index in [1.807, 2.05) is 25.1 Å². The smallest absolute Gasteiger partial charge is 0.276 e. The van der Waals surface area contributed by atoms with Crippen LogP contribution in [0.3, 0.4) is 0 Å². The van der Waals surface area contributed by atoms with E-state index in [2.05, 4.69) is 15.4 Å². The van der Waals surface area contributed by atoms with Crippen LogP contribution >= 0.6 is 0 Å². The Labute approximate surface area is 161 Å². The van der Waals surface area contributed by atoms with E-state index in [1.54, 1.807) is 35.4 Å². The fraction of sp³-hybridized carbons (Fsp3) is 0.368. The van der Waals surface area contributed by atoms with Crippen LogP contribution in [0.2, 0.25) is 0 Å². The minimum absolute atomic E-state index is 0.145. The normalized spacial score (nSPS) is 16.8. The number of hydrogen-bond acceptors (Lipinski definition) is 8. The van der Waals surface area contributed by atoms with Gasteiger partial charge in [-0.15, -0.1) is 10.2 Å². The van der Waals surface area contributed by atoms with Gasteiger partial charge in [0, 0.05) is 32.8 Å². The van der Waals surface area contributed by atoms with Crippen LogP contribution in [0, 0.1) is 0 Å². The first kappa shape index (κ1) is 18.0. The molecular weight excluding hydrogens is 362 g/mol. The maximum absolute atomic E-state index is 12.8. The average molecular weight is 383 g/mol. The third-order valence-electron chi connectivity index (χ3n) is 4.53. The second-order valence-corrected chi connectivity index (χ2v) is 6.81. The number of likely N-dealkylation sites (tertiary alicyclic amines) is 1. The molecule has 1 saturated heterocycles. The minimum Gasteiger partial charge on any atom is -0.471 e. The molecule has 3 aromatic rings.